The van der Waals surface area contributed by atoms with Gasteiger partial charge < -0.3 is 9.47 Å². The quantitative estimate of drug-likeness (QED) is 0.665. The van der Waals surface area contributed by atoms with Gasteiger partial charge in [-0.2, -0.15) is 0 Å². The molecule has 0 aliphatic heterocycles. The lowest BCUT2D eigenvalue weighted by Crippen LogP contribution is -1.94. The number of hydrogen-bond donors (Lipinski definition) is 0. The van der Waals surface area contributed by atoms with Crippen molar-refractivity contribution in [1.29, 1.82) is 0 Å². The Balaban J connectivity index is 0. The van der Waals surface area contributed by atoms with Crippen LogP contribution in [0.4, 0.5) is 0 Å². The second-order valence-corrected chi connectivity index (χ2v) is 3.93. The minimum atomic E-state index is 0.755. The van der Waals surface area contributed by atoms with Crippen LogP contribution in [-0.2, 0) is 0 Å². The number of ether oxygens (including phenoxy) is 2. The van der Waals surface area contributed by atoms with Gasteiger partial charge in [-0.1, -0.05) is 33.8 Å². The Labute approximate surface area is 123 Å². The van der Waals surface area contributed by atoms with Gasteiger partial charge in [0.25, 0.3) is 0 Å². The van der Waals surface area contributed by atoms with Crippen molar-refractivity contribution < 1.29 is 9.47 Å². The minimum absolute atomic E-state index is 0.755. The van der Waals surface area contributed by atoms with Crippen LogP contribution in [0.25, 0.3) is 0 Å². The van der Waals surface area contributed by atoms with Crippen LogP contribution >= 0.6 is 11.8 Å². The van der Waals surface area contributed by atoms with Crippen LogP contribution in [0, 0.1) is 6.92 Å². The molecule has 0 aliphatic carbocycles. The van der Waals surface area contributed by atoms with Crippen molar-refractivity contribution in [2.45, 2.75) is 41.5 Å². The van der Waals surface area contributed by atoms with Crippen LogP contribution in [0.5, 0.6) is 11.5 Å². The predicted octanol–water partition coefficient (Wildman–Crippen LogP) is 5.66. The molecule has 0 aromatic heterocycles. The van der Waals surface area contributed by atoms with Gasteiger partial charge in [0.2, 0.25) is 0 Å². The van der Waals surface area contributed by atoms with Gasteiger partial charge in [-0.3, -0.25) is 0 Å². The van der Waals surface area contributed by atoms with Crippen LogP contribution in [0.3, 0.4) is 0 Å². The van der Waals surface area contributed by atoms with Gasteiger partial charge in [-0.15, -0.1) is 11.8 Å². The Morgan fingerprint density at radius 2 is 1.68 bits per heavy atom. The molecule has 0 unspecified atom stereocenters. The maximum absolute atomic E-state index is 5.65. The van der Waals surface area contributed by atoms with Gasteiger partial charge >= 0.3 is 0 Å². The Morgan fingerprint density at radius 1 is 1.11 bits per heavy atom. The summed E-state index contributed by atoms with van der Waals surface area (Å²) in [5.41, 5.74) is 1.16. The van der Waals surface area contributed by atoms with Crippen LogP contribution in [0.2, 0.25) is 0 Å². The summed E-state index contributed by atoms with van der Waals surface area (Å²) in [5.74, 6) is 2.39. The monoisotopic (exact) mass is 284 g/mol. The van der Waals surface area contributed by atoms with Crippen LogP contribution < -0.4 is 9.47 Å². The predicted molar refractivity (Wildman–Crippen MR) is 88.3 cm³/mol. The molecule has 0 atom stereocenters. The van der Waals surface area contributed by atoms with E-state index in [-0.39, 0.29) is 0 Å². The summed E-state index contributed by atoms with van der Waals surface area (Å²) in [5, 5.41) is 1.96. The van der Waals surface area contributed by atoms with E-state index in [0.717, 1.165) is 22.8 Å². The first-order chi connectivity index (χ1) is 9.17. The van der Waals surface area contributed by atoms with E-state index in [0.29, 0.717) is 0 Å². The van der Waals surface area contributed by atoms with E-state index in [4.69, 9.17) is 9.47 Å². The topological polar surface area (TPSA) is 18.5 Å². The van der Waals surface area contributed by atoms with E-state index in [2.05, 4.69) is 0 Å². The minimum Gasteiger partial charge on any atom is -0.493 e. The Kier molecular flexibility index (Phi) is 14.2. The van der Waals surface area contributed by atoms with Gasteiger partial charge in [0.05, 0.1) is 7.11 Å². The third kappa shape index (κ3) is 8.60. The first-order valence-electron chi connectivity index (χ1n) is 6.69. The summed E-state index contributed by atoms with van der Waals surface area (Å²) in [6.45, 7) is 12.0. The zero-order valence-electron chi connectivity index (χ0n) is 13.5. The SMILES string of the molecule is CC.CC.COc1cc(C)ccc1O/C(C)=C/SC. The molecule has 0 radical (unpaired) electrons. The number of benzene rings is 1. The number of methoxy groups -OCH3 is 1. The Morgan fingerprint density at radius 3 is 2.16 bits per heavy atom. The summed E-state index contributed by atoms with van der Waals surface area (Å²) in [6, 6.07) is 5.89. The highest BCUT2D eigenvalue weighted by Crippen LogP contribution is 2.29. The molecule has 19 heavy (non-hydrogen) atoms. The normalized spacial score (nSPS) is 9.58. The molecule has 1 rings (SSSR count). The highest BCUT2D eigenvalue weighted by molar-refractivity contribution is 8.01. The Bertz CT molecular complexity index is 360. The number of aryl methyl sites for hydroxylation is 1. The number of thioether (sulfide) groups is 1. The van der Waals surface area contributed by atoms with Crippen molar-refractivity contribution in [2.75, 3.05) is 13.4 Å². The molecule has 110 valence electrons. The molecule has 0 N–H and O–H groups in total. The van der Waals surface area contributed by atoms with Crippen molar-refractivity contribution in [3.63, 3.8) is 0 Å². The lowest BCUT2D eigenvalue weighted by atomic mass is 10.2. The van der Waals surface area contributed by atoms with Gasteiger partial charge in [0, 0.05) is 5.41 Å². The summed E-state index contributed by atoms with van der Waals surface area (Å²) in [6.07, 6.45) is 2.00. The number of hydrogen-bond acceptors (Lipinski definition) is 3. The van der Waals surface area contributed by atoms with E-state index in [1.54, 1.807) is 18.9 Å². The smallest absolute Gasteiger partial charge is 0.168 e. The van der Waals surface area contributed by atoms with Gasteiger partial charge in [-0.25, -0.2) is 0 Å². The lowest BCUT2D eigenvalue weighted by Gasteiger charge is -2.10. The van der Waals surface area contributed by atoms with E-state index in [9.17, 15) is 0 Å². The molecular formula is C16H28O2S. The molecule has 0 aliphatic rings. The summed E-state index contributed by atoms with van der Waals surface area (Å²) >= 11 is 1.62. The fourth-order valence-corrected chi connectivity index (χ4v) is 1.60. The van der Waals surface area contributed by atoms with E-state index >= 15 is 0 Å². The fraction of sp³-hybridized carbons (Fsp3) is 0.500. The maximum Gasteiger partial charge on any atom is 0.168 e. The van der Waals surface area contributed by atoms with Crippen molar-refractivity contribution in [3.05, 3.63) is 34.9 Å². The molecule has 0 amide bonds. The molecule has 2 nitrogen and oxygen atoms in total. The molecule has 0 saturated heterocycles. The molecule has 1 aromatic rings. The second kappa shape index (κ2) is 13.3. The summed E-state index contributed by atoms with van der Waals surface area (Å²) < 4.78 is 10.9. The van der Waals surface area contributed by atoms with E-state index < -0.39 is 0 Å². The average Bonchev–Trinajstić information content (AvgIpc) is 2.45. The maximum atomic E-state index is 5.65. The van der Waals surface area contributed by atoms with Crippen LogP contribution in [0.15, 0.2) is 29.4 Å². The van der Waals surface area contributed by atoms with E-state index in [1.807, 2.05) is 71.4 Å². The first kappa shape index (κ1) is 20.2. The van der Waals surface area contributed by atoms with Crippen LogP contribution in [0.1, 0.15) is 40.2 Å². The van der Waals surface area contributed by atoms with Gasteiger partial charge in [0.1, 0.15) is 5.76 Å². The zero-order chi connectivity index (χ0) is 15.3. The van der Waals surface area contributed by atoms with Crippen molar-refractivity contribution >= 4 is 11.8 Å². The molecular weight excluding hydrogens is 256 g/mol. The summed E-state index contributed by atoms with van der Waals surface area (Å²) in [4.78, 5) is 0. The summed E-state index contributed by atoms with van der Waals surface area (Å²) in [7, 11) is 1.65. The largest absolute Gasteiger partial charge is 0.493 e. The number of allylic oxidation sites excluding steroid dienone is 1. The third-order valence-electron chi connectivity index (χ3n) is 1.87. The van der Waals surface area contributed by atoms with Gasteiger partial charge in [0.15, 0.2) is 11.5 Å². The highest BCUT2D eigenvalue weighted by atomic mass is 32.2. The van der Waals surface area contributed by atoms with Crippen molar-refractivity contribution in [3.8, 4) is 11.5 Å². The first-order valence-corrected chi connectivity index (χ1v) is 7.98. The molecule has 0 heterocycles. The molecule has 0 fully saturated rings. The third-order valence-corrected chi connectivity index (χ3v) is 2.44. The molecule has 3 heteroatoms. The molecule has 0 saturated carbocycles. The number of rotatable bonds is 4. The average molecular weight is 284 g/mol. The van der Waals surface area contributed by atoms with E-state index in [1.165, 1.54) is 0 Å². The molecule has 0 bridgehead atoms. The van der Waals surface area contributed by atoms with Crippen molar-refractivity contribution in [1.82, 2.24) is 0 Å². The fourth-order valence-electron chi connectivity index (χ4n) is 1.22. The zero-order valence-corrected chi connectivity index (χ0v) is 14.4. The van der Waals surface area contributed by atoms with Gasteiger partial charge in [-0.05, 0) is 37.8 Å². The lowest BCUT2D eigenvalue weighted by molar-refractivity contribution is 0.362. The highest BCUT2D eigenvalue weighted by Gasteiger charge is 2.04. The second-order valence-electron chi connectivity index (χ2n) is 3.22. The molecule has 0 spiro atoms. The molecule has 1 aromatic carbocycles. The Hall–Kier alpha value is -1.09. The van der Waals surface area contributed by atoms with Crippen LogP contribution in [-0.4, -0.2) is 13.4 Å². The van der Waals surface area contributed by atoms with Crippen molar-refractivity contribution in [2.24, 2.45) is 0 Å². The standard InChI is InChI=1S/C12H16O2S.2C2H6/c1-9-5-6-11(12(7-9)13-3)14-10(2)8-15-4;2*1-2/h5-8H,1-4H3;2*1-2H3/b10-8+;;.